The first kappa shape index (κ1) is 15.5. The summed E-state index contributed by atoms with van der Waals surface area (Å²) < 4.78 is 4.79. The van der Waals surface area contributed by atoms with Crippen LogP contribution in [0.1, 0.15) is 24.2 Å². The maximum absolute atomic E-state index is 11.7. The largest absolute Gasteiger partial charge is 0.465 e. The number of methoxy groups -OCH3 is 1. The number of para-hydroxylation sites is 1. The summed E-state index contributed by atoms with van der Waals surface area (Å²) in [6, 6.07) is 7.43. The number of carbonyl (C=O) groups is 1. The van der Waals surface area contributed by atoms with E-state index in [1.54, 1.807) is 6.07 Å². The highest BCUT2D eigenvalue weighted by atomic mass is 16.5. The lowest BCUT2D eigenvalue weighted by molar-refractivity contribution is 0.0602. The van der Waals surface area contributed by atoms with Crippen molar-refractivity contribution in [3.05, 3.63) is 29.8 Å². The first-order valence-corrected chi connectivity index (χ1v) is 6.66. The molecule has 1 aromatic rings. The summed E-state index contributed by atoms with van der Waals surface area (Å²) in [7, 11) is 3.36. The highest BCUT2D eigenvalue weighted by molar-refractivity contribution is 5.95. The van der Waals surface area contributed by atoms with Crippen molar-refractivity contribution in [2.45, 2.75) is 13.8 Å². The Hall–Kier alpha value is -1.55. The van der Waals surface area contributed by atoms with Crippen molar-refractivity contribution >= 4 is 11.7 Å². The van der Waals surface area contributed by atoms with E-state index in [0.717, 1.165) is 18.8 Å². The molecule has 0 aliphatic carbocycles. The van der Waals surface area contributed by atoms with Crippen LogP contribution in [0.3, 0.4) is 0 Å². The topological polar surface area (TPSA) is 50.4 Å². The van der Waals surface area contributed by atoms with Crippen LogP contribution in [0.4, 0.5) is 5.69 Å². The molecule has 2 N–H and O–H groups in total. The second kappa shape index (κ2) is 7.79. The van der Waals surface area contributed by atoms with Crippen LogP contribution in [-0.2, 0) is 4.74 Å². The third-order valence-corrected chi connectivity index (χ3v) is 3.30. The van der Waals surface area contributed by atoms with E-state index in [9.17, 15) is 4.79 Å². The first-order chi connectivity index (χ1) is 9.10. The minimum absolute atomic E-state index is 0.308. The maximum Gasteiger partial charge on any atom is 0.339 e. The molecule has 0 aliphatic rings. The van der Waals surface area contributed by atoms with Crippen LogP contribution in [-0.4, -0.2) is 33.2 Å². The van der Waals surface area contributed by atoms with E-state index in [1.165, 1.54) is 7.11 Å². The fraction of sp³-hybridized carbons (Fsp3) is 0.533. The van der Waals surface area contributed by atoms with Crippen LogP contribution in [0.5, 0.6) is 0 Å². The SMILES string of the molecule is CNCC(CNc1ccccc1C(=O)OC)C(C)C. The van der Waals surface area contributed by atoms with Crippen molar-refractivity contribution in [3.8, 4) is 0 Å². The zero-order valence-electron chi connectivity index (χ0n) is 12.2. The number of esters is 1. The molecule has 0 bridgehead atoms. The second-order valence-electron chi connectivity index (χ2n) is 4.98. The van der Waals surface area contributed by atoms with Gasteiger partial charge < -0.3 is 15.4 Å². The van der Waals surface area contributed by atoms with E-state index in [1.807, 2.05) is 25.2 Å². The summed E-state index contributed by atoms with van der Waals surface area (Å²) in [5, 5.41) is 6.56. The highest BCUT2D eigenvalue weighted by Crippen LogP contribution is 2.18. The summed E-state index contributed by atoms with van der Waals surface area (Å²) in [6.07, 6.45) is 0. The van der Waals surface area contributed by atoms with Gasteiger partial charge in [-0.25, -0.2) is 4.79 Å². The Morgan fingerprint density at radius 1 is 1.26 bits per heavy atom. The molecule has 0 spiro atoms. The van der Waals surface area contributed by atoms with Gasteiger partial charge in [0.2, 0.25) is 0 Å². The third-order valence-electron chi connectivity index (χ3n) is 3.30. The molecule has 0 saturated carbocycles. The van der Waals surface area contributed by atoms with Crippen LogP contribution in [0.25, 0.3) is 0 Å². The fourth-order valence-corrected chi connectivity index (χ4v) is 1.97. The third kappa shape index (κ3) is 4.56. The molecule has 0 aliphatic heterocycles. The van der Waals surface area contributed by atoms with Crippen LogP contribution in [0, 0.1) is 11.8 Å². The Kier molecular flexibility index (Phi) is 6.36. The van der Waals surface area contributed by atoms with Crippen LogP contribution >= 0.6 is 0 Å². The summed E-state index contributed by atoms with van der Waals surface area (Å²) in [6.45, 7) is 6.18. The quantitative estimate of drug-likeness (QED) is 0.742. The Labute approximate surface area is 115 Å². The molecule has 106 valence electrons. The summed E-state index contributed by atoms with van der Waals surface area (Å²) in [5.41, 5.74) is 1.41. The zero-order valence-corrected chi connectivity index (χ0v) is 12.2. The predicted molar refractivity (Wildman–Crippen MR) is 78.5 cm³/mol. The Bertz CT molecular complexity index is 405. The van der Waals surface area contributed by atoms with Gasteiger partial charge in [0, 0.05) is 12.2 Å². The van der Waals surface area contributed by atoms with E-state index in [4.69, 9.17) is 4.74 Å². The van der Waals surface area contributed by atoms with Gasteiger partial charge in [-0.15, -0.1) is 0 Å². The van der Waals surface area contributed by atoms with Gasteiger partial charge in [0.05, 0.1) is 12.7 Å². The molecule has 0 heterocycles. The van der Waals surface area contributed by atoms with Crippen molar-refractivity contribution < 1.29 is 9.53 Å². The molecule has 1 rings (SSSR count). The first-order valence-electron chi connectivity index (χ1n) is 6.66. The van der Waals surface area contributed by atoms with E-state index < -0.39 is 0 Å². The lowest BCUT2D eigenvalue weighted by Gasteiger charge is -2.22. The molecule has 0 fully saturated rings. The van der Waals surface area contributed by atoms with Crippen molar-refractivity contribution in [1.29, 1.82) is 0 Å². The number of carbonyl (C=O) groups excluding carboxylic acids is 1. The van der Waals surface area contributed by atoms with Crippen LogP contribution in [0.15, 0.2) is 24.3 Å². The minimum atomic E-state index is -0.308. The van der Waals surface area contributed by atoms with Crippen molar-refractivity contribution in [2.75, 3.05) is 32.6 Å². The molecule has 0 aromatic heterocycles. The second-order valence-corrected chi connectivity index (χ2v) is 4.98. The smallest absolute Gasteiger partial charge is 0.339 e. The molecule has 19 heavy (non-hydrogen) atoms. The van der Waals surface area contributed by atoms with Crippen molar-refractivity contribution in [1.82, 2.24) is 5.32 Å². The normalized spacial score (nSPS) is 12.3. The number of anilines is 1. The van der Waals surface area contributed by atoms with Gasteiger partial charge >= 0.3 is 5.97 Å². The van der Waals surface area contributed by atoms with Crippen LogP contribution in [0.2, 0.25) is 0 Å². The maximum atomic E-state index is 11.7. The molecule has 0 radical (unpaired) electrons. The molecule has 0 saturated heterocycles. The number of nitrogens with one attached hydrogen (secondary N) is 2. The summed E-state index contributed by atoms with van der Waals surface area (Å²) >= 11 is 0. The van der Waals surface area contributed by atoms with Gasteiger partial charge in [0.1, 0.15) is 0 Å². The molecule has 4 nitrogen and oxygen atoms in total. The average Bonchev–Trinajstić information content (AvgIpc) is 2.42. The van der Waals surface area contributed by atoms with Crippen molar-refractivity contribution in [3.63, 3.8) is 0 Å². The molecular formula is C15H24N2O2. The van der Waals surface area contributed by atoms with Gasteiger partial charge in [-0.05, 0) is 37.6 Å². The number of ether oxygens (including phenoxy) is 1. The molecule has 0 amide bonds. The fourth-order valence-electron chi connectivity index (χ4n) is 1.97. The Morgan fingerprint density at radius 2 is 1.95 bits per heavy atom. The van der Waals surface area contributed by atoms with E-state index in [-0.39, 0.29) is 5.97 Å². The van der Waals surface area contributed by atoms with Gasteiger partial charge in [-0.2, -0.15) is 0 Å². The lowest BCUT2D eigenvalue weighted by Crippen LogP contribution is -2.29. The molecule has 1 aromatic carbocycles. The molecule has 4 heteroatoms. The monoisotopic (exact) mass is 264 g/mol. The van der Waals surface area contributed by atoms with Gasteiger partial charge in [-0.3, -0.25) is 0 Å². The van der Waals surface area contributed by atoms with Crippen molar-refractivity contribution in [2.24, 2.45) is 11.8 Å². The summed E-state index contributed by atoms with van der Waals surface area (Å²) in [4.78, 5) is 11.7. The highest BCUT2D eigenvalue weighted by Gasteiger charge is 2.15. The van der Waals surface area contributed by atoms with E-state index in [2.05, 4.69) is 24.5 Å². The molecular weight excluding hydrogens is 240 g/mol. The number of hydrogen-bond donors (Lipinski definition) is 2. The van der Waals surface area contributed by atoms with E-state index >= 15 is 0 Å². The van der Waals surface area contributed by atoms with Gasteiger partial charge in [0.15, 0.2) is 0 Å². The van der Waals surface area contributed by atoms with E-state index in [0.29, 0.717) is 17.4 Å². The Balaban J connectivity index is 2.73. The zero-order chi connectivity index (χ0) is 14.3. The summed E-state index contributed by atoms with van der Waals surface area (Å²) in [5.74, 6) is 0.777. The molecule has 1 atom stereocenters. The number of hydrogen-bond acceptors (Lipinski definition) is 4. The predicted octanol–water partition coefficient (Wildman–Crippen LogP) is 2.38. The van der Waals surface area contributed by atoms with Gasteiger partial charge in [0.25, 0.3) is 0 Å². The number of rotatable bonds is 7. The number of benzene rings is 1. The lowest BCUT2D eigenvalue weighted by atomic mass is 9.95. The van der Waals surface area contributed by atoms with Crippen LogP contribution < -0.4 is 10.6 Å². The minimum Gasteiger partial charge on any atom is -0.465 e. The van der Waals surface area contributed by atoms with Gasteiger partial charge in [-0.1, -0.05) is 26.0 Å². The average molecular weight is 264 g/mol. The standard InChI is InChI=1S/C15H24N2O2/c1-11(2)12(9-16-3)10-17-14-8-6-5-7-13(14)15(18)19-4/h5-8,11-12,16-17H,9-10H2,1-4H3. The molecule has 1 unspecified atom stereocenters. The Morgan fingerprint density at radius 3 is 2.53 bits per heavy atom.